The average Bonchev–Trinajstić information content (AvgIpc) is 3.35. The van der Waals surface area contributed by atoms with E-state index in [0.29, 0.717) is 5.71 Å². The van der Waals surface area contributed by atoms with Gasteiger partial charge in [0.1, 0.15) is 5.58 Å². The van der Waals surface area contributed by atoms with Crippen LogP contribution in [0.3, 0.4) is 0 Å². The van der Waals surface area contributed by atoms with E-state index in [9.17, 15) is 0 Å². The number of hydrogen-bond acceptors (Lipinski definition) is 2. The van der Waals surface area contributed by atoms with Gasteiger partial charge in [0.2, 0.25) is 5.71 Å². The first-order valence-corrected chi connectivity index (χ1v) is 17.0. The van der Waals surface area contributed by atoms with E-state index >= 15 is 0 Å². The van der Waals surface area contributed by atoms with Gasteiger partial charge in [0.05, 0.1) is 8.07 Å². The molecule has 188 valence electrons. The van der Waals surface area contributed by atoms with E-state index in [-0.39, 0.29) is 0 Å². The average molecular weight is 520 g/mol. The molecule has 0 saturated carbocycles. The third kappa shape index (κ3) is 4.25. The van der Waals surface area contributed by atoms with Crippen molar-refractivity contribution in [3.05, 3.63) is 121 Å². The van der Waals surface area contributed by atoms with Crippen LogP contribution in [0, 0.1) is 0 Å². The maximum absolute atomic E-state index is 6.16. The molecule has 0 fully saturated rings. The Bertz CT molecular complexity index is 1980. The molecule has 0 aliphatic heterocycles. The zero-order chi connectivity index (χ0) is 26.6. The summed E-state index contributed by atoms with van der Waals surface area (Å²) in [7, 11) is -1.30. The molecule has 0 radical (unpaired) electrons. The van der Waals surface area contributed by atoms with E-state index in [0.717, 1.165) is 27.5 Å². The van der Waals surface area contributed by atoms with Gasteiger partial charge in [0, 0.05) is 22.5 Å². The molecule has 0 aliphatic carbocycles. The lowest BCUT2D eigenvalue weighted by molar-refractivity contribution is 0.655. The predicted octanol–water partition coefficient (Wildman–Crippen LogP) is 9.68. The molecular formula is C36H29NOSi. The van der Waals surface area contributed by atoms with E-state index in [2.05, 4.69) is 134 Å². The second-order valence-corrected chi connectivity index (χ2v) is 16.4. The van der Waals surface area contributed by atoms with Crippen LogP contribution in [0.5, 0.6) is 0 Å². The molecule has 0 unspecified atom stereocenters. The second-order valence-electron chi connectivity index (χ2n) is 11.3. The highest BCUT2D eigenvalue weighted by Gasteiger charge is 2.16. The number of furan rings is 1. The van der Waals surface area contributed by atoms with Crippen molar-refractivity contribution < 1.29 is 4.42 Å². The smallest absolute Gasteiger partial charge is 0.227 e. The second kappa shape index (κ2) is 9.07. The molecular weight excluding hydrogens is 490 g/mol. The van der Waals surface area contributed by atoms with Crippen molar-refractivity contribution in [1.82, 2.24) is 4.98 Å². The fourth-order valence-corrected chi connectivity index (χ4v) is 6.64. The Morgan fingerprint density at radius 2 is 1.13 bits per heavy atom. The monoisotopic (exact) mass is 519 g/mol. The standard InChI is InChI=1S/C36H29NOSi/c1-39(2,3)31-19-17-25(18-20-31)29-16-12-26-11-15-28(22-30(26)23-29)24-9-13-27(14-10-24)32-6-4-7-33-34-8-5-21-37-36(34)38-35(32)33/h4-23H,1-3H3. The van der Waals surface area contributed by atoms with Gasteiger partial charge in [-0.15, -0.1) is 0 Å². The van der Waals surface area contributed by atoms with Crippen LogP contribution < -0.4 is 5.19 Å². The first-order valence-electron chi connectivity index (χ1n) is 13.5. The summed E-state index contributed by atoms with van der Waals surface area (Å²) in [5.41, 5.74) is 8.72. The third-order valence-corrected chi connectivity index (χ3v) is 9.79. The lowest BCUT2D eigenvalue weighted by Gasteiger charge is -2.17. The van der Waals surface area contributed by atoms with Crippen LogP contribution in [-0.4, -0.2) is 13.1 Å². The Hall–Kier alpha value is -4.47. The van der Waals surface area contributed by atoms with Gasteiger partial charge in [-0.2, -0.15) is 0 Å². The maximum atomic E-state index is 6.16. The number of pyridine rings is 1. The van der Waals surface area contributed by atoms with Gasteiger partial charge in [0.15, 0.2) is 0 Å². The zero-order valence-electron chi connectivity index (χ0n) is 22.4. The molecule has 0 aliphatic rings. The molecule has 7 rings (SSSR count). The number of nitrogens with zero attached hydrogens (tertiary/aromatic N) is 1. The summed E-state index contributed by atoms with van der Waals surface area (Å²) in [6.45, 7) is 7.18. The summed E-state index contributed by atoms with van der Waals surface area (Å²) in [5.74, 6) is 0. The molecule has 2 nitrogen and oxygen atoms in total. The molecule has 2 heterocycles. The van der Waals surface area contributed by atoms with E-state index in [1.165, 1.54) is 38.2 Å². The van der Waals surface area contributed by atoms with Crippen molar-refractivity contribution in [2.75, 3.05) is 0 Å². The van der Waals surface area contributed by atoms with Crippen LogP contribution in [0.15, 0.2) is 126 Å². The fourth-order valence-electron chi connectivity index (χ4n) is 5.47. The highest BCUT2D eigenvalue weighted by atomic mass is 28.3. The Balaban J connectivity index is 1.23. The summed E-state index contributed by atoms with van der Waals surface area (Å²) in [6, 6.07) is 41.8. The summed E-state index contributed by atoms with van der Waals surface area (Å²) >= 11 is 0. The van der Waals surface area contributed by atoms with Gasteiger partial charge in [-0.1, -0.05) is 116 Å². The molecule has 7 aromatic rings. The molecule has 0 amide bonds. The summed E-state index contributed by atoms with van der Waals surface area (Å²) < 4.78 is 6.16. The molecule has 0 bridgehead atoms. The highest BCUT2D eigenvalue weighted by Crippen LogP contribution is 2.36. The van der Waals surface area contributed by atoms with Crippen LogP contribution in [0.4, 0.5) is 0 Å². The summed E-state index contributed by atoms with van der Waals surface area (Å²) in [4.78, 5) is 4.41. The first kappa shape index (κ1) is 23.6. The van der Waals surface area contributed by atoms with Gasteiger partial charge in [-0.05, 0) is 62.9 Å². The lowest BCUT2D eigenvalue weighted by atomic mass is 9.96. The topological polar surface area (TPSA) is 26.0 Å². The van der Waals surface area contributed by atoms with E-state index in [4.69, 9.17) is 4.42 Å². The molecule has 0 N–H and O–H groups in total. The van der Waals surface area contributed by atoms with Gasteiger partial charge in [-0.25, -0.2) is 4.98 Å². The van der Waals surface area contributed by atoms with Crippen LogP contribution >= 0.6 is 0 Å². The number of aromatic nitrogens is 1. The van der Waals surface area contributed by atoms with Crippen molar-refractivity contribution in [3.8, 4) is 33.4 Å². The first-order chi connectivity index (χ1) is 18.9. The third-order valence-electron chi connectivity index (χ3n) is 7.73. The van der Waals surface area contributed by atoms with Crippen molar-refractivity contribution >= 4 is 46.1 Å². The van der Waals surface area contributed by atoms with Crippen LogP contribution in [-0.2, 0) is 0 Å². The molecule has 0 spiro atoms. The number of hydrogen-bond donors (Lipinski definition) is 0. The van der Waals surface area contributed by atoms with Crippen molar-refractivity contribution in [3.63, 3.8) is 0 Å². The van der Waals surface area contributed by atoms with Crippen molar-refractivity contribution in [2.24, 2.45) is 0 Å². The number of benzene rings is 5. The molecule has 2 aromatic heterocycles. The van der Waals surface area contributed by atoms with Crippen LogP contribution in [0.2, 0.25) is 19.6 Å². The molecule has 3 heteroatoms. The summed E-state index contributed by atoms with van der Waals surface area (Å²) in [5, 5.41) is 6.14. The van der Waals surface area contributed by atoms with Crippen LogP contribution in [0.1, 0.15) is 0 Å². The summed E-state index contributed by atoms with van der Waals surface area (Å²) in [6.07, 6.45) is 1.77. The fraction of sp³-hybridized carbons (Fsp3) is 0.0833. The molecule has 0 saturated heterocycles. The lowest BCUT2D eigenvalue weighted by Crippen LogP contribution is -2.37. The zero-order valence-corrected chi connectivity index (χ0v) is 23.4. The normalized spacial score (nSPS) is 12.0. The number of rotatable bonds is 4. The minimum atomic E-state index is -1.30. The molecule has 5 aromatic carbocycles. The minimum Gasteiger partial charge on any atom is -0.437 e. The van der Waals surface area contributed by atoms with Gasteiger partial charge in [-0.3, -0.25) is 0 Å². The largest absolute Gasteiger partial charge is 0.437 e. The van der Waals surface area contributed by atoms with Gasteiger partial charge in [0.25, 0.3) is 0 Å². The van der Waals surface area contributed by atoms with Gasteiger partial charge >= 0.3 is 0 Å². The van der Waals surface area contributed by atoms with Crippen molar-refractivity contribution in [2.45, 2.75) is 19.6 Å². The van der Waals surface area contributed by atoms with E-state index in [1.807, 2.05) is 6.07 Å². The Morgan fingerprint density at radius 1 is 0.538 bits per heavy atom. The van der Waals surface area contributed by atoms with Crippen LogP contribution in [0.25, 0.3) is 66.2 Å². The minimum absolute atomic E-state index is 0.680. The number of fused-ring (bicyclic) bond motifs is 4. The molecule has 0 atom stereocenters. The Labute approximate surface area is 229 Å². The number of para-hydroxylation sites is 1. The van der Waals surface area contributed by atoms with E-state index < -0.39 is 8.07 Å². The molecule has 39 heavy (non-hydrogen) atoms. The quantitative estimate of drug-likeness (QED) is 0.216. The van der Waals surface area contributed by atoms with E-state index in [1.54, 1.807) is 6.20 Å². The Morgan fingerprint density at radius 3 is 1.79 bits per heavy atom. The SMILES string of the molecule is C[Si](C)(C)c1ccc(-c2ccc3ccc(-c4ccc(-c5cccc6c5oc5ncccc56)cc4)cc3c2)cc1. The Kier molecular flexibility index (Phi) is 5.50. The van der Waals surface area contributed by atoms with Crippen molar-refractivity contribution in [1.29, 1.82) is 0 Å². The maximum Gasteiger partial charge on any atom is 0.227 e. The predicted molar refractivity (Wildman–Crippen MR) is 168 cm³/mol. The highest BCUT2D eigenvalue weighted by molar-refractivity contribution is 6.88. The van der Waals surface area contributed by atoms with Gasteiger partial charge < -0.3 is 4.42 Å².